The van der Waals surface area contributed by atoms with Gasteiger partial charge in [0.1, 0.15) is 11.6 Å². The minimum Gasteiger partial charge on any atom is -0.480 e. The number of carboxylic acids is 1. The number of carbonyl (C=O) groups is 3. The second-order valence-corrected chi connectivity index (χ2v) is 6.43. The third-order valence-corrected chi connectivity index (χ3v) is 3.26. The number of hydrogen-bond donors (Lipinski definition) is 3. The van der Waals surface area contributed by atoms with Gasteiger partial charge in [0.2, 0.25) is 5.91 Å². The first-order valence-corrected chi connectivity index (χ1v) is 7.06. The number of carbonyl (C=O) groups excluding carboxylic acids is 2. The van der Waals surface area contributed by atoms with E-state index in [1.807, 2.05) is 6.92 Å². The number of rotatable bonds is 5. The van der Waals surface area contributed by atoms with Gasteiger partial charge in [0.05, 0.1) is 12.3 Å². The van der Waals surface area contributed by atoms with Gasteiger partial charge in [-0.05, 0) is 33.2 Å². The Bertz CT molecular complexity index is 416. The molecule has 1 aliphatic rings. The zero-order valence-electron chi connectivity index (χ0n) is 12.9. The largest absolute Gasteiger partial charge is 0.480 e. The Balaban J connectivity index is 2.59. The molecule has 0 aliphatic carbocycles. The smallest absolute Gasteiger partial charge is 0.326 e. The minimum absolute atomic E-state index is 0.140. The van der Waals surface area contributed by atoms with Crippen LogP contribution >= 0.6 is 0 Å². The van der Waals surface area contributed by atoms with Gasteiger partial charge in [-0.3, -0.25) is 9.59 Å². The number of nitrogens with one attached hydrogen (secondary N) is 2. The molecule has 1 saturated heterocycles. The summed E-state index contributed by atoms with van der Waals surface area (Å²) in [4.78, 5) is 35.0. The van der Waals surface area contributed by atoms with Gasteiger partial charge < -0.3 is 20.5 Å². The van der Waals surface area contributed by atoms with E-state index in [0.29, 0.717) is 6.54 Å². The Morgan fingerprint density at radius 1 is 1.33 bits per heavy atom. The summed E-state index contributed by atoms with van der Waals surface area (Å²) < 4.78 is 5.08. The van der Waals surface area contributed by atoms with E-state index in [1.54, 1.807) is 20.8 Å². The monoisotopic (exact) mass is 300 g/mol. The molecule has 1 heterocycles. The fourth-order valence-electron chi connectivity index (χ4n) is 2.19. The lowest BCUT2D eigenvalue weighted by Crippen LogP contribution is -2.46. The molecule has 1 rings (SSSR count). The standard InChI is InChI=1S/C14H24N2O5/c1-8-6-15-7-9(8)12(18)16-10(13(19)20)5-11(17)21-14(2,3)4/h8-10,15H,5-7H2,1-4H3,(H,16,18)(H,19,20)/t8-,9-,10+/m1/s1. The lowest BCUT2D eigenvalue weighted by molar-refractivity contribution is -0.158. The third-order valence-electron chi connectivity index (χ3n) is 3.26. The molecule has 0 unspecified atom stereocenters. The van der Waals surface area contributed by atoms with Crippen LogP contribution in [0.3, 0.4) is 0 Å². The van der Waals surface area contributed by atoms with Gasteiger partial charge in [-0.2, -0.15) is 0 Å². The van der Waals surface area contributed by atoms with Crippen molar-refractivity contribution in [2.24, 2.45) is 11.8 Å². The molecular formula is C14H24N2O5. The van der Waals surface area contributed by atoms with E-state index < -0.39 is 23.6 Å². The molecule has 0 bridgehead atoms. The number of aliphatic carboxylic acids is 1. The normalized spacial score (nSPS) is 23.4. The van der Waals surface area contributed by atoms with Crippen LogP contribution in [0.2, 0.25) is 0 Å². The SMILES string of the molecule is C[C@@H]1CNC[C@H]1C(=O)N[C@@H](CC(=O)OC(C)(C)C)C(=O)O. The highest BCUT2D eigenvalue weighted by atomic mass is 16.6. The second kappa shape index (κ2) is 6.89. The van der Waals surface area contributed by atoms with Gasteiger partial charge in [0, 0.05) is 6.54 Å². The number of esters is 1. The fourth-order valence-corrected chi connectivity index (χ4v) is 2.19. The highest BCUT2D eigenvalue weighted by molar-refractivity contribution is 5.88. The molecule has 0 saturated carbocycles. The highest BCUT2D eigenvalue weighted by Gasteiger charge is 2.33. The van der Waals surface area contributed by atoms with E-state index in [4.69, 9.17) is 9.84 Å². The third kappa shape index (κ3) is 5.71. The summed E-state index contributed by atoms with van der Waals surface area (Å²) in [5, 5.41) is 14.6. The molecular weight excluding hydrogens is 276 g/mol. The molecule has 120 valence electrons. The van der Waals surface area contributed by atoms with Crippen LogP contribution in [-0.4, -0.2) is 47.7 Å². The molecule has 1 aliphatic heterocycles. The molecule has 3 N–H and O–H groups in total. The van der Waals surface area contributed by atoms with Gasteiger partial charge in [0.15, 0.2) is 0 Å². The topological polar surface area (TPSA) is 105 Å². The molecule has 0 aromatic carbocycles. The molecule has 3 atom stereocenters. The summed E-state index contributed by atoms with van der Waals surface area (Å²) in [6.07, 6.45) is -0.382. The number of ether oxygens (including phenoxy) is 1. The maximum Gasteiger partial charge on any atom is 0.326 e. The Hall–Kier alpha value is -1.63. The van der Waals surface area contributed by atoms with Crippen molar-refractivity contribution in [3.05, 3.63) is 0 Å². The van der Waals surface area contributed by atoms with Crippen molar-refractivity contribution >= 4 is 17.8 Å². The second-order valence-electron chi connectivity index (χ2n) is 6.43. The maximum absolute atomic E-state index is 12.1. The zero-order valence-corrected chi connectivity index (χ0v) is 12.9. The van der Waals surface area contributed by atoms with Crippen LogP contribution in [0.5, 0.6) is 0 Å². The van der Waals surface area contributed by atoms with Crippen LogP contribution in [-0.2, 0) is 19.1 Å². The van der Waals surface area contributed by atoms with Crippen molar-refractivity contribution in [1.29, 1.82) is 0 Å². The van der Waals surface area contributed by atoms with Crippen LogP contribution in [0, 0.1) is 11.8 Å². The van der Waals surface area contributed by atoms with Crippen molar-refractivity contribution < 1.29 is 24.2 Å². The molecule has 0 aromatic heterocycles. The number of hydrogen-bond acceptors (Lipinski definition) is 5. The molecule has 0 radical (unpaired) electrons. The molecule has 0 aromatic rings. The Morgan fingerprint density at radius 3 is 2.38 bits per heavy atom. The average molecular weight is 300 g/mol. The van der Waals surface area contributed by atoms with Gasteiger partial charge in [0.25, 0.3) is 0 Å². The predicted molar refractivity (Wildman–Crippen MR) is 75.6 cm³/mol. The summed E-state index contributed by atoms with van der Waals surface area (Å²) in [6, 6.07) is -1.26. The molecule has 0 spiro atoms. The van der Waals surface area contributed by atoms with Crippen LogP contribution in [0.25, 0.3) is 0 Å². The van der Waals surface area contributed by atoms with E-state index in [-0.39, 0.29) is 24.2 Å². The van der Waals surface area contributed by atoms with Gasteiger partial charge in [-0.1, -0.05) is 6.92 Å². The Labute approximate surface area is 124 Å². The van der Waals surface area contributed by atoms with Crippen molar-refractivity contribution in [1.82, 2.24) is 10.6 Å². The first-order chi connectivity index (χ1) is 9.60. The van der Waals surface area contributed by atoms with Crippen molar-refractivity contribution in [3.63, 3.8) is 0 Å². The first kappa shape index (κ1) is 17.4. The van der Waals surface area contributed by atoms with E-state index in [1.165, 1.54) is 0 Å². The lowest BCUT2D eigenvalue weighted by Gasteiger charge is -2.22. The van der Waals surface area contributed by atoms with Gasteiger partial charge >= 0.3 is 11.9 Å². The fraction of sp³-hybridized carbons (Fsp3) is 0.786. The van der Waals surface area contributed by atoms with Crippen LogP contribution in [0.4, 0.5) is 0 Å². The summed E-state index contributed by atoms with van der Waals surface area (Å²) in [6.45, 7) is 8.27. The summed E-state index contributed by atoms with van der Waals surface area (Å²) in [5.74, 6) is -2.37. The Morgan fingerprint density at radius 2 is 1.95 bits per heavy atom. The lowest BCUT2D eigenvalue weighted by atomic mass is 9.97. The molecule has 1 fully saturated rings. The van der Waals surface area contributed by atoms with Crippen LogP contribution < -0.4 is 10.6 Å². The van der Waals surface area contributed by atoms with Crippen LogP contribution in [0.1, 0.15) is 34.1 Å². The van der Waals surface area contributed by atoms with Crippen molar-refractivity contribution in [2.75, 3.05) is 13.1 Å². The average Bonchev–Trinajstić information content (AvgIpc) is 2.71. The Kier molecular flexibility index (Phi) is 5.71. The van der Waals surface area contributed by atoms with E-state index in [2.05, 4.69) is 10.6 Å². The summed E-state index contributed by atoms with van der Waals surface area (Å²) >= 11 is 0. The summed E-state index contributed by atoms with van der Waals surface area (Å²) in [7, 11) is 0. The zero-order chi connectivity index (χ0) is 16.2. The summed E-state index contributed by atoms with van der Waals surface area (Å²) in [5.41, 5.74) is -0.686. The van der Waals surface area contributed by atoms with E-state index in [9.17, 15) is 14.4 Å². The molecule has 1 amide bonds. The molecule has 7 nitrogen and oxygen atoms in total. The maximum atomic E-state index is 12.1. The number of amides is 1. The van der Waals surface area contributed by atoms with E-state index in [0.717, 1.165) is 6.54 Å². The highest BCUT2D eigenvalue weighted by Crippen LogP contribution is 2.16. The van der Waals surface area contributed by atoms with Gasteiger partial charge in [-0.15, -0.1) is 0 Å². The van der Waals surface area contributed by atoms with E-state index >= 15 is 0 Å². The van der Waals surface area contributed by atoms with Crippen molar-refractivity contribution in [2.45, 2.75) is 45.8 Å². The predicted octanol–water partition coefficient (Wildman–Crippen LogP) is 0.143. The molecule has 21 heavy (non-hydrogen) atoms. The number of carboxylic acid groups (broad SMARTS) is 1. The van der Waals surface area contributed by atoms with Gasteiger partial charge in [-0.25, -0.2) is 4.79 Å². The minimum atomic E-state index is -1.26. The molecule has 7 heteroatoms. The van der Waals surface area contributed by atoms with Crippen LogP contribution in [0.15, 0.2) is 0 Å². The van der Waals surface area contributed by atoms with Crippen molar-refractivity contribution in [3.8, 4) is 0 Å². The first-order valence-electron chi connectivity index (χ1n) is 7.06. The quantitative estimate of drug-likeness (QED) is 0.624.